The molecule has 3 heterocycles. The van der Waals surface area contributed by atoms with Gasteiger partial charge in [-0.15, -0.1) is 0 Å². The van der Waals surface area contributed by atoms with E-state index in [1.165, 1.54) is 12.8 Å². The fourth-order valence-corrected chi connectivity index (χ4v) is 4.00. The zero-order valence-corrected chi connectivity index (χ0v) is 15.3. The molecule has 7 nitrogen and oxygen atoms in total. The van der Waals surface area contributed by atoms with Crippen LogP contribution in [0.15, 0.2) is 6.20 Å². The highest BCUT2D eigenvalue weighted by Crippen LogP contribution is 2.39. The van der Waals surface area contributed by atoms with E-state index in [1.807, 2.05) is 14.0 Å². The molecule has 1 aromatic rings. The van der Waals surface area contributed by atoms with E-state index >= 15 is 0 Å². The van der Waals surface area contributed by atoms with Crippen LogP contribution in [0.4, 0.5) is 0 Å². The first-order valence-electron chi connectivity index (χ1n) is 9.11. The van der Waals surface area contributed by atoms with E-state index in [2.05, 4.69) is 16.9 Å². The van der Waals surface area contributed by atoms with Gasteiger partial charge in [-0.05, 0) is 38.8 Å². The second-order valence-electron chi connectivity index (χ2n) is 7.51. The number of carboxylic acids is 1. The summed E-state index contributed by atoms with van der Waals surface area (Å²) in [4.78, 5) is 28.4. The lowest BCUT2D eigenvalue weighted by Crippen LogP contribution is -2.41. The summed E-state index contributed by atoms with van der Waals surface area (Å²) in [5.74, 6) is -0.898. The molecule has 0 bridgehead atoms. The first-order valence-corrected chi connectivity index (χ1v) is 9.11. The van der Waals surface area contributed by atoms with E-state index in [0.717, 1.165) is 36.8 Å². The van der Waals surface area contributed by atoms with E-state index in [-0.39, 0.29) is 12.3 Å². The van der Waals surface area contributed by atoms with Crippen molar-refractivity contribution in [3.8, 4) is 0 Å². The molecule has 2 saturated heterocycles. The van der Waals surface area contributed by atoms with E-state index < -0.39 is 17.9 Å². The van der Waals surface area contributed by atoms with Crippen LogP contribution in [0.2, 0.25) is 0 Å². The van der Waals surface area contributed by atoms with Crippen LogP contribution in [0.1, 0.15) is 43.5 Å². The molecule has 0 unspecified atom stereocenters. The number of aliphatic carboxylic acids is 1. The Hall–Kier alpha value is -1.89. The Bertz CT molecular complexity index is 649. The molecule has 0 aliphatic carbocycles. The molecule has 2 atom stereocenters. The zero-order valence-electron chi connectivity index (χ0n) is 15.3. The predicted octanol–water partition coefficient (Wildman–Crippen LogP) is 1.43. The minimum Gasteiger partial charge on any atom is -0.481 e. The molecule has 1 aromatic heterocycles. The van der Waals surface area contributed by atoms with E-state index in [4.69, 9.17) is 0 Å². The van der Waals surface area contributed by atoms with Crippen LogP contribution >= 0.6 is 0 Å². The minimum atomic E-state index is -0.907. The topological polar surface area (TPSA) is 78.7 Å². The number of piperidine rings is 1. The van der Waals surface area contributed by atoms with Gasteiger partial charge in [0.1, 0.15) is 0 Å². The molecule has 3 rings (SSSR count). The van der Waals surface area contributed by atoms with Crippen molar-refractivity contribution in [3.05, 3.63) is 17.5 Å². The monoisotopic (exact) mass is 348 g/mol. The molecule has 2 aliphatic rings. The maximum Gasteiger partial charge on any atom is 0.309 e. The van der Waals surface area contributed by atoms with Gasteiger partial charge in [0.05, 0.1) is 18.2 Å². The summed E-state index contributed by atoms with van der Waals surface area (Å²) in [5.41, 5.74) is 1.77. The number of hydrogen-bond acceptors (Lipinski definition) is 4. The lowest BCUT2D eigenvalue weighted by Gasteiger charge is -2.33. The van der Waals surface area contributed by atoms with Crippen LogP contribution in [0.3, 0.4) is 0 Å². The van der Waals surface area contributed by atoms with Crippen LogP contribution in [0.25, 0.3) is 0 Å². The molecule has 0 aromatic carbocycles. The Labute approximate surface area is 148 Å². The maximum atomic E-state index is 12.5. The molecule has 7 heteroatoms. The molecule has 0 saturated carbocycles. The number of nitrogens with zero attached hydrogens (tertiary/aromatic N) is 4. The van der Waals surface area contributed by atoms with Gasteiger partial charge in [0.15, 0.2) is 0 Å². The van der Waals surface area contributed by atoms with Crippen molar-refractivity contribution < 1.29 is 14.7 Å². The largest absolute Gasteiger partial charge is 0.481 e. The van der Waals surface area contributed by atoms with Crippen molar-refractivity contribution in [2.24, 2.45) is 18.9 Å². The van der Waals surface area contributed by atoms with Gasteiger partial charge in [0.25, 0.3) is 0 Å². The van der Waals surface area contributed by atoms with Crippen LogP contribution in [-0.2, 0) is 16.6 Å². The number of aryl methyl sites for hydroxylation is 1. The van der Waals surface area contributed by atoms with E-state index in [1.54, 1.807) is 15.8 Å². The zero-order chi connectivity index (χ0) is 18.1. The van der Waals surface area contributed by atoms with Crippen LogP contribution in [0, 0.1) is 18.8 Å². The van der Waals surface area contributed by atoms with Crippen molar-refractivity contribution >= 4 is 11.9 Å². The van der Waals surface area contributed by atoms with Crippen molar-refractivity contribution in [2.75, 3.05) is 26.2 Å². The third-order valence-corrected chi connectivity index (χ3v) is 5.87. The highest BCUT2D eigenvalue weighted by atomic mass is 16.4. The molecule has 138 valence electrons. The molecular weight excluding hydrogens is 320 g/mol. The van der Waals surface area contributed by atoms with Gasteiger partial charge in [-0.25, -0.2) is 0 Å². The van der Waals surface area contributed by atoms with Crippen LogP contribution < -0.4 is 0 Å². The van der Waals surface area contributed by atoms with Crippen molar-refractivity contribution in [1.29, 1.82) is 0 Å². The average molecular weight is 348 g/mol. The van der Waals surface area contributed by atoms with Gasteiger partial charge in [-0.3, -0.25) is 14.3 Å². The Morgan fingerprint density at radius 3 is 2.56 bits per heavy atom. The molecule has 25 heavy (non-hydrogen) atoms. The first-order chi connectivity index (χ1) is 11.9. The lowest BCUT2D eigenvalue weighted by atomic mass is 9.94. The quantitative estimate of drug-likeness (QED) is 0.871. The third-order valence-electron chi connectivity index (χ3n) is 5.87. The molecule has 2 aliphatic heterocycles. The van der Waals surface area contributed by atoms with Gasteiger partial charge in [-0.2, -0.15) is 5.10 Å². The third kappa shape index (κ3) is 3.56. The summed E-state index contributed by atoms with van der Waals surface area (Å²) in [6.45, 7) is 7.70. The fraction of sp³-hybridized carbons (Fsp3) is 0.722. The molecule has 0 radical (unpaired) electrons. The predicted molar refractivity (Wildman–Crippen MR) is 93.0 cm³/mol. The fourth-order valence-electron chi connectivity index (χ4n) is 4.00. The molecular formula is C18H28N4O3. The average Bonchev–Trinajstić information content (AvgIpc) is 3.07. The number of aromatic nitrogens is 2. The molecule has 0 spiro atoms. The highest BCUT2D eigenvalue weighted by Gasteiger charge is 2.45. The lowest BCUT2D eigenvalue weighted by molar-refractivity contribution is -0.142. The van der Waals surface area contributed by atoms with Gasteiger partial charge < -0.3 is 14.9 Å². The smallest absolute Gasteiger partial charge is 0.309 e. The molecule has 1 amide bonds. The van der Waals surface area contributed by atoms with Gasteiger partial charge >= 0.3 is 5.97 Å². The Morgan fingerprint density at radius 2 is 2.00 bits per heavy atom. The Balaban J connectivity index is 1.76. The number of likely N-dealkylation sites (tertiary alicyclic amines) is 2. The SMILES string of the molecule is Cc1c([C@@H]2[C@@H](C(=O)O)CC(=O)N2CCN2CCC(C)CC2)cnn1C. The van der Waals surface area contributed by atoms with E-state index in [0.29, 0.717) is 6.54 Å². The second kappa shape index (κ2) is 7.15. The molecule has 2 fully saturated rings. The summed E-state index contributed by atoms with van der Waals surface area (Å²) in [5, 5.41) is 13.9. The minimum absolute atomic E-state index is 0.0639. The summed E-state index contributed by atoms with van der Waals surface area (Å²) >= 11 is 0. The first kappa shape index (κ1) is 17.9. The summed E-state index contributed by atoms with van der Waals surface area (Å²) in [6.07, 6.45) is 4.17. The number of carboxylic acid groups (broad SMARTS) is 1. The summed E-state index contributed by atoms with van der Waals surface area (Å²) < 4.78 is 1.74. The normalized spacial score (nSPS) is 25.7. The highest BCUT2D eigenvalue weighted by molar-refractivity contribution is 5.87. The second-order valence-corrected chi connectivity index (χ2v) is 7.51. The molecule has 1 N–H and O–H groups in total. The van der Waals surface area contributed by atoms with Gasteiger partial charge in [-0.1, -0.05) is 6.92 Å². The standard InChI is InChI=1S/C18H28N4O3/c1-12-4-6-21(7-5-12)8-9-22-16(23)10-14(18(24)25)17(22)15-11-19-20(3)13(15)2/h11-12,14,17H,4-10H2,1-3H3,(H,24,25)/t14-,17-/m0/s1. The Kier molecular flexibility index (Phi) is 5.13. The van der Waals surface area contributed by atoms with Crippen LogP contribution in [0.5, 0.6) is 0 Å². The van der Waals surface area contributed by atoms with Crippen LogP contribution in [-0.4, -0.2) is 62.7 Å². The van der Waals surface area contributed by atoms with Gasteiger partial charge in [0.2, 0.25) is 5.91 Å². The number of carbonyl (C=O) groups is 2. The van der Waals surface area contributed by atoms with E-state index in [9.17, 15) is 14.7 Å². The maximum absolute atomic E-state index is 12.5. The van der Waals surface area contributed by atoms with Crippen molar-refractivity contribution in [3.63, 3.8) is 0 Å². The number of carbonyl (C=O) groups excluding carboxylic acids is 1. The summed E-state index contributed by atoms with van der Waals surface area (Å²) in [6, 6.07) is -0.414. The van der Waals surface area contributed by atoms with Gasteiger partial charge in [0, 0.05) is 37.8 Å². The Morgan fingerprint density at radius 1 is 1.32 bits per heavy atom. The summed E-state index contributed by atoms with van der Waals surface area (Å²) in [7, 11) is 1.84. The van der Waals surface area contributed by atoms with Crippen molar-refractivity contribution in [1.82, 2.24) is 19.6 Å². The van der Waals surface area contributed by atoms with Crippen molar-refractivity contribution in [2.45, 2.75) is 39.2 Å². The number of amides is 1. The number of hydrogen-bond donors (Lipinski definition) is 1. The number of rotatable bonds is 5.